The van der Waals surface area contributed by atoms with Crippen molar-refractivity contribution in [3.8, 4) is 0 Å². The number of ether oxygens (including phenoxy) is 5. The van der Waals surface area contributed by atoms with E-state index < -0.39 is 76.8 Å². The van der Waals surface area contributed by atoms with Crippen molar-refractivity contribution in [3.63, 3.8) is 0 Å². The second-order valence-corrected chi connectivity index (χ2v) is 7.63. The predicted octanol–water partition coefficient (Wildman–Crippen LogP) is -0.0643. The molecule has 5 atom stereocenters. The maximum Gasteiger partial charge on any atom is 0.523 e. The molecule has 31 heavy (non-hydrogen) atoms. The van der Waals surface area contributed by atoms with Gasteiger partial charge in [-0.1, -0.05) is 0 Å². The summed E-state index contributed by atoms with van der Waals surface area (Å²) in [5, 5.41) is 0. The molecule has 0 aromatic heterocycles. The summed E-state index contributed by atoms with van der Waals surface area (Å²) in [5.74, 6) is -4.16. The third kappa shape index (κ3) is 7.62. The maximum atomic E-state index is 12.8. The molecule has 16 heteroatoms. The number of alkyl halides is 3. The van der Waals surface area contributed by atoms with Crippen LogP contribution in [0.25, 0.3) is 0 Å². The summed E-state index contributed by atoms with van der Waals surface area (Å²) in [6.45, 7) is 2.82. The third-order valence-electron chi connectivity index (χ3n) is 3.45. The molecular weight excluding hydrogens is 461 g/mol. The average molecular weight is 480 g/mol. The van der Waals surface area contributed by atoms with E-state index in [1.807, 2.05) is 0 Å². The number of carbonyl (C=O) groups is 4. The number of carbonyl (C=O) groups excluding carboxylic acids is 4. The maximum absolute atomic E-state index is 12.8. The molecule has 1 aliphatic rings. The van der Waals surface area contributed by atoms with Gasteiger partial charge in [-0.25, -0.2) is 4.18 Å². The van der Waals surface area contributed by atoms with E-state index >= 15 is 0 Å². The Hall–Kier alpha value is -2.46. The first-order chi connectivity index (χ1) is 14.0. The first-order valence-electron chi connectivity index (χ1n) is 8.35. The van der Waals surface area contributed by atoms with Crippen molar-refractivity contribution in [2.24, 2.45) is 0 Å². The molecule has 0 aromatic rings. The van der Waals surface area contributed by atoms with Gasteiger partial charge in [-0.05, 0) is 0 Å². The van der Waals surface area contributed by atoms with Crippen LogP contribution in [0.2, 0.25) is 0 Å². The lowest BCUT2D eigenvalue weighted by atomic mass is 9.98. The van der Waals surface area contributed by atoms with Gasteiger partial charge >= 0.3 is 39.5 Å². The molecule has 0 saturated carbocycles. The van der Waals surface area contributed by atoms with E-state index in [0.717, 1.165) is 27.7 Å². The summed E-state index contributed by atoms with van der Waals surface area (Å²) in [6, 6.07) is 0. The van der Waals surface area contributed by atoms with Gasteiger partial charge in [0.05, 0.1) is 0 Å². The number of rotatable bonds is 7. The van der Waals surface area contributed by atoms with Crippen LogP contribution in [-0.4, -0.2) is 75.1 Å². The van der Waals surface area contributed by atoms with Gasteiger partial charge in [0.15, 0.2) is 18.3 Å². The molecule has 5 unspecified atom stereocenters. The summed E-state index contributed by atoms with van der Waals surface area (Å²) < 4.78 is 90.1. The average Bonchev–Trinajstić information content (AvgIpc) is 2.56. The summed E-state index contributed by atoms with van der Waals surface area (Å²) in [5.41, 5.74) is -5.90. The molecule has 12 nitrogen and oxygen atoms in total. The zero-order chi connectivity index (χ0) is 24.1. The van der Waals surface area contributed by atoms with Crippen molar-refractivity contribution >= 4 is 34.0 Å². The molecule has 0 amide bonds. The largest absolute Gasteiger partial charge is 0.523 e. The molecule has 0 aromatic carbocycles. The molecule has 0 spiro atoms. The van der Waals surface area contributed by atoms with Crippen LogP contribution in [0.1, 0.15) is 27.7 Å². The highest BCUT2D eigenvalue weighted by Gasteiger charge is 2.58. The van der Waals surface area contributed by atoms with E-state index in [9.17, 15) is 40.8 Å². The Kier molecular flexibility index (Phi) is 8.77. The van der Waals surface area contributed by atoms with E-state index in [0.29, 0.717) is 0 Å². The molecule has 1 saturated heterocycles. The zero-order valence-corrected chi connectivity index (χ0v) is 17.4. The van der Waals surface area contributed by atoms with Crippen LogP contribution >= 0.6 is 0 Å². The van der Waals surface area contributed by atoms with Crippen molar-refractivity contribution < 1.29 is 68.6 Å². The minimum Gasteiger partial charge on any atom is -0.463 e. The van der Waals surface area contributed by atoms with Gasteiger partial charge < -0.3 is 23.7 Å². The van der Waals surface area contributed by atoms with Gasteiger partial charge in [0.2, 0.25) is 6.29 Å². The Labute approximate surface area is 174 Å². The van der Waals surface area contributed by atoms with Gasteiger partial charge in [0, 0.05) is 27.7 Å². The predicted molar refractivity (Wildman–Crippen MR) is 88.0 cm³/mol. The Morgan fingerprint density at radius 3 is 1.71 bits per heavy atom. The molecule has 1 fully saturated rings. The first kappa shape index (κ1) is 26.6. The fraction of sp³-hybridized carbons (Fsp3) is 0.733. The van der Waals surface area contributed by atoms with Gasteiger partial charge in [-0.2, -0.15) is 21.6 Å². The second kappa shape index (κ2) is 10.2. The normalized spacial score (nSPS) is 26.5. The number of esters is 4. The van der Waals surface area contributed by atoms with E-state index in [-0.39, 0.29) is 0 Å². The summed E-state index contributed by atoms with van der Waals surface area (Å²) >= 11 is 0. The van der Waals surface area contributed by atoms with Gasteiger partial charge in [-0.15, -0.1) is 0 Å². The smallest absolute Gasteiger partial charge is 0.463 e. The topological polar surface area (TPSA) is 158 Å². The van der Waals surface area contributed by atoms with E-state index in [1.54, 1.807) is 0 Å². The Morgan fingerprint density at radius 2 is 1.29 bits per heavy atom. The van der Waals surface area contributed by atoms with Crippen molar-refractivity contribution in [2.45, 2.75) is 63.9 Å². The fourth-order valence-electron chi connectivity index (χ4n) is 2.43. The van der Waals surface area contributed by atoms with Crippen LogP contribution in [0.3, 0.4) is 0 Å². The molecular formula is C15H19F3O12S. The summed E-state index contributed by atoms with van der Waals surface area (Å²) in [4.78, 5) is 45.5. The fourth-order valence-corrected chi connectivity index (χ4v) is 3.04. The molecule has 0 radical (unpaired) electrons. The van der Waals surface area contributed by atoms with E-state index in [2.05, 4.69) is 8.92 Å². The molecule has 1 aliphatic heterocycles. The monoisotopic (exact) mass is 480 g/mol. The Balaban J connectivity index is 3.50. The van der Waals surface area contributed by atoms with Gasteiger partial charge in [0.25, 0.3) is 0 Å². The molecule has 0 N–H and O–H groups in total. The van der Waals surface area contributed by atoms with Crippen LogP contribution in [-0.2, 0) is 57.2 Å². The van der Waals surface area contributed by atoms with Crippen LogP contribution in [0.5, 0.6) is 0 Å². The molecule has 178 valence electrons. The van der Waals surface area contributed by atoms with Crippen LogP contribution in [0.4, 0.5) is 13.2 Å². The SMILES string of the molecule is CC(=O)OCC1OC(OC(C)=O)C(OS(=O)(=O)C(F)(F)F)C(OC(C)=O)C1OC(C)=O. The van der Waals surface area contributed by atoms with Crippen LogP contribution in [0.15, 0.2) is 0 Å². The molecule has 0 bridgehead atoms. The minimum atomic E-state index is -6.32. The lowest BCUT2D eigenvalue weighted by molar-refractivity contribution is -0.292. The molecule has 0 aliphatic carbocycles. The highest BCUT2D eigenvalue weighted by atomic mass is 32.2. The molecule has 1 heterocycles. The number of halogens is 3. The molecule has 1 rings (SSSR count). The standard InChI is InChI=1S/C15H19F3O12S/c1-6(19)25-5-10-11(26-7(2)20)12(27-8(3)21)13(14(29-10)28-9(4)22)30-31(23,24)15(16,17)18/h10-14H,5H2,1-4H3. The minimum absolute atomic E-state index is 0.693. The van der Waals surface area contributed by atoms with Crippen molar-refractivity contribution in [1.29, 1.82) is 0 Å². The van der Waals surface area contributed by atoms with Crippen LogP contribution in [0, 0.1) is 0 Å². The Morgan fingerprint density at radius 1 is 0.806 bits per heavy atom. The summed E-state index contributed by atoms with van der Waals surface area (Å²) in [7, 11) is -6.32. The quantitative estimate of drug-likeness (QED) is 0.207. The Bertz CT molecular complexity index is 809. The third-order valence-corrected chi connectivity index (χ3v) is 4.49. The number of hydrogen-bond donors (Lipinski definition) is 0. The van der Waals surface area contributed by atoms with Crippen molar-refractivity contribution in [3.05, 3.63) is 0 Å². The van der Waals surface area contributed by atoms with E-state index in [4.69, 9.17) is 18.9 Å². The highest BCUT2D eigenvalue weighted by Crippen LogP contribution is 2.34. The summed E-state index contributed by atoms with van der Waals surface area (Å²) in [6.07, 6.45) is -10.0. The highest BCUT2D eigenvalue weighted by molar-refractivity contribution is 7.87. The van der Waals surface area contributed by atoms with Crippen LogP contribution < -0.4 is 0 Å². The lowest BCUT2D eigenvalue weighted by Crippen LogP contribution is -2.63. The first-order valence-corrected chi connectivity index (χ1v) is 9.76. The zero-order valence-electron chi connectivity index (χ0n) is 16.5. The van der Waals surface area contributed by atoms with E-state index in [1.165, 1.54) is 0 Å². The van der Waals surface area contributed by atoms with Crippen molar-refractivity contribution in [1.82, 2.24) is 0 Å². The lowest BCUT2D eigenvalue weighted by Gasteiger charge is -2.43. The van der Waals surface area contributed by atoms with Crippen molar-refractivity contribution in [2.75, 3.05) is 6.61 Å². The van der Waals surface area contributed by atoms with Gasteiger partial charge in [0.1, 0.15) is 12.7 Å². The second-order valence-electron chi connectivity index (χ2n) is 6.06. The number of hydrogen-bond acceptors (Lipinski definition) is 12. The van der Waals surface area contributed by atoms with Gasteiger partial charge in [-0.3, -0.25) is 19.2 Å².